The predicted molar refractivity (Wildman–Crippen MR) is 121 cm³/mol. The van der Waals surface area contributed by atoms with E-state index in [4.69, 9.17) is 4.42 Å². The Morgan fingerprint density at radius 2 is 1.97 bits per heavy atom. The highest BCUT2D eigenvalue weighted by Crippen LogP contribution is 2.35. The minimum absolute atomic E-state index is 0.0270. The van der Waals surface area contributed by atoms with Crippen molar-refractivity contribution >= 4 is 27.5 Å². The molecule has 1 fully saturated rings. The Morgan fingerprint density at radius 1 is 1.12 bits per heavy atom. The van der Waals surface area contributed by atoms with Crippen molar-refractivity contribution in [1.82, 2.24) is 30.5 Å². The summed E-state index contributed by atoms with van der Waals surface area (Å²) in [7, 11) is 0. The molecule has 1 aromatic carbocycles. The Labute approximate surface area is 189 Å². The summed E-state index contributed by atoms with van der Waals surface area (Å²) >= 11 is 1.61. The number of hydrogen-bond acceptors (Lipinski definition) is 8. The highest BCUT2D eigenvalue weighted by atomic mass is 32.1. The van der Waals surface area contributed by atoms with Crippen LogP contribution in [0.25, 0.3) is 21.8 Å². The van der Waals surface area contributed by atoms with Gasteiger partial charge in [0.2, 0.25) is 5.89 Å². The van der Waals surface area contributed by atoms with E-state index in [2.05, 4.69) is 30.5 Å². The number of aryl methyl sites for hydroxylation is 2. The van der Waals surface area contributed by atoms with Gasteiger partial charge in [-0.25, -0.2) is 9.97 Å². The number of nitrogens with zero attached hydrogens (tertiary/aromatic N) is 5. The number of benzene rings is 1. The zero-order chi connectivity index (χ0) is 22.1. The SMILES string of the molecule is Cc1cnc(-c2nnc(C3CCC(CNC(=O)c4ccc5nc(C)sc5c4)CC3)o2)cn1. The summed E-state index contributed by atoms with van der Waals surface area (Å²) in [5, 5.41) is 12.5. The Hall–Kier alpha value is -3.20. The number of fused-ring (bicyclic) bond motifs is 1. The topological polar surface area (TPSA) is 107 Å². The standard InChI is InChI=1S/C23H24N6O2S/c1-13-10-25-19(12-24-13)23-29-28-22(31-23)16-5-3-15(4-6-16)11-26-21(30)17-7-8-18-20(9-17)32-14(2)27-18/h7-10,12,15-16H,3-6,11H2,1-2H3,(H,26,30). The highest BCUT2D eigenvalue weighted by molar-refractivity contribution is 7.18. The third-order valence-electron chi connectivity index (χ3n) is 5.95. The Morgan fingerprint density at radius 3 is 2.75 bits per heavy atom. The van der Waals surface area contributed by atoms with E-state index < -0.39 is 0 Å². The molecule has 1 N–H and O–H groups in total. The number of rotatable bonds is 5. The van der Waals surface area contributed by atoms with Crippen LogP contribution in [0, 0.1) is 19.8 Å². The fourth-order valence-electron chi connectivity index (χ4n) is 4.14. The number of carbonyl (C=O) groups excluding carboxylic acids is 1. The number of thiazole rings is 1. The van der Waals surface area contributed by atoms with E-state index in [0.29, 0.717) is 35.5 Å². The van der Waals surface area contributed by atoms with Crippen LogP contribution in [-0.2, 0) is 0 Å². The quantitative estimate of drug-likeness (QED) is 0.480. The van der Waals surface area contributed by atoms with Crippen LogP contribution in [0.2, 0.25) is 0 Å². The lowest BCUT2D eigenvalue weighted by molar-refractivity contribution is 0.0942. The van der Waals surface area contributed by atoms with Crippen molar-refractivity contribution in [3.05, 3.63) is 52.7 Å². The van der Waals surface area contributed by atoms with Gasteiger partial charge in [0.25, 0.3) is 11.8 Å². The summed E-state index contributed by atoms with van der Waals surface area (Å²) in [4.78, 5) is 25.6. The van der Waals surface area contributed by atoms with Gasteiger partial charge >= 0.3 is 0 Å². The Kier molecular flexibility index (Phi) is 5.65. The summed E-state index contributed by atoms with van der Waals surface area (Å²) < 4.78 is 6.93. The van der Waals surface area contributed by atoms with Crippen LogP contribution in [0.15, 0.2) is 35.0 Å². The zero-order valence-electron chi connectivity index (χ0n) is 18.0. The van der Waals surface area contributed by atoms with Gasteiger partial charge in [-0.05, 0) is 63.6 Å². The first-order chi connectivity index (χ1) is 15.5. The minimum Gasteiger partial charge on any atom is -0.419 e. The first-order valence-electron chi connectivity index (χ1n) is 10.8. The van der Waals surface area contributed by atoms with Crippen molar-refractivity contribution in [3.8, 4) is 11.6 Å². The van der Waals surface area contributed by atoms with Gasteiger partial charge < -0.3 is 9.73 Å². The van der Waals surface area contributed by atoms with E-state index in [1.54, 1.807) is 23.7 Å². The molecule has 0 radical (unpaired) electrons. The molecule has 0 aliphatic heterocycles. The number of nitrogens with one attached hydrogen (secondary N) is 1. The lowest BCUT2D eigenvalue weighted by Crippen LogP contribution is -2.31. The normalized spacial score (nSPS) is 18.7. The third kappa shape index (κ3) is 4.38. The van der Waals surface area contributed by atoms with Crippen molar-refractivity contribution < 1.29 is 9.21 Å². The van der Waals surface area contributed by atoms with Crippen molar-refractivity contribution in [2.45, 2.75) is 45.4 Å². The van der Waals surface area contributed by atoms with Crippen molar-refractivity contribution in [2.24, 2.45) is 5.92 Å². The molecule has 0 unspecified atom stereocenters. The molecular weight excluding hydrogens is 424 g/mol. The van der Waals surface area contributed by atoms with E-state index in [1.165, 1.54) is 0 Å². The van der Waals surface area contributed by atoms with Gasteiger partial charge in [-0.3, -0.25) is 9.78 Å². The van der Waals surface area contributed by atoms with E-state index in [9.17, 15) is 4.79 Å². The summed E-state index contributed by atoms with van der Waals surface area (Å²) in [6.07, 6.45) is 7.30. The number of aromatic nitrogens is 5. The van der Waals surface area contributed by atoms with Crippen LogP contribution in [0.1, 0.15) is 58.6 Å². The first-order valence-corrected chi connectivity index (χ1v) is 11.6. The molecule has 5 rings (SSSR count). The largest absolute Gasteiger partial charge is 0.419 e. The molecule has 3 aromatic heterocycles. The first kappa shape index (κ1) is 20.7. The predicted octanol–water partition coefficient (Wildman–Crippen LogP) is 4.46. The molecule has 0 bridgehead atoms. The maximum absolute atomic E-state index is 12.6. The second-order valence-electron chi connectivity index (χ2n) is 8.33. The molecule has 1 aliphatic rings. The number of amides is 1. The smallest absolute Gasteiger partial charge is 0.267 e. The Balaban J connectivity index is 1.14. The van der Waals surface area contributed by atoms with E-state index in [0.717, 1.165) is 46.6 Å². The molecule has 9 heteroatoms. The fraction of sp³-hybridized carbons (Fsp3) is 0.391. The lowest BCUT2D eigenvalue weighted by Gasteiger charge is -2.26. The molecular formula is C23H24N6O2S. The molecule has 164 valence electrons. The van der Waals surface area contributed by atoms with Gasteiger partial charge in [0.1, 0.15) is 5.69 Å². The average Bonchev–Trinajstić information content (AvgIpc) is 3.44. The van der Waals surface area contributed by atoms with Gasteiger partial charge in [-0.1, -0.05) is 0 Å². The molecule has 1 amide bonds. The maximum atomic E-state index is 12.6. The molecule has 3 heterocycles. The van der Waals surface area contributed by atoms with Crippen LogP contribution in [0.5, 0.6) is 0 Å². The third-order valence-corrected chi connectivity index (χ3v) is 6.88. The van der Waals surface area contributed by atoms with Gasteiger partial charge in [-0.2, -0.15) is 0 Å². The molecule has 0 atom stereocenters. The van der Waals surface area contributed by atoms with Crippen LogP contribution in [-0.4, -0.2) is 37.6 Å². The van der Waals surface area contributed by atoms with Crippen LogP contribution in [0.3, 0.4) is 0 Å². The van der Waals surface area contributed by atoms with Gasteiger partial charge in [-0.15, -0.1) is 21.5 Å². The summed E-state index contributed by atoms with van der Waals surface area (Å²) in [5.41, 5.74) is 3.07. The minimum atomic E-state index is -0.0270. The van der Waals surface area contributed by atoms with E-state index >= 15 is 0 Å². The maximum Gasteiger partial charge on any atom is 0.267 e. The summed E-state index contributed by atoms with van der Waals surface area (Å²) in [6.45, 7) is 4.54. The fourth-order valence-corrected chi connectivity index (χ4v) is 5.01. The van der Waals surface area contributed by atoms with Crippen LogP contribution in [0.4, 0.5) is 0 Å². The lowest BCUT2D eigenvalue weighted by atomic mass is 9.82. The van der Waals surface area contributed by atoms with E-state index in [1.807, 2.05) is 32.0 Å². The second kappa shape index (κ2) is 8.74. The van der Waals surface area contributed by atoms with Gasteiger partial charge in [0.05, 0.1) is 27.1 Å². The monoisotopic (exact) mass is 448 g/mol. The van der Waals surface area contributed by atoms with Gasteiger partial charge in [0, 0.05) is 24.2 Å². The molecule has 1 aliphatic carbocycles. The van der Waals surface area contributed by atoms with Crippen LogP contribution < -0.4 is 5.32 Å². The average molecular weight is 449 g/mol. The second-order valence-corrected chi connectivity index (χ2v) is 9.57. The van der Waals surface area contributed by atoms with Crippen molar-refractivity contribution in [3.63, 3.8) is 0 Å². The number of hydrogen-bond donors (Lipinski definition) is 1. The Bertz CT molecular complexity index is 1240. The summed E-state index contributed by atoms with van der Waals surface area (Å²) in [6, 6.07) is 5.69. The van der Waals surface area contributed by atoms with E-state index in [-0.39, 0.29) is 11.8 Å². The molecule has 8 nitrogen and oxygen atoms in total. The number of carbonyl (C=O) groups is 1. The molecule has 32 heavy (non-hydrogen) atoms. The van der Waals surface area contributed by atoms with Crippen molar-refractivity contribution in [2.75, 3.05) is 6.54 Å². The molecule has 1 saturated carbocycles. The van der Waals surface area contributed by atoms with Crippen LogP contribution >= 0.6 is 11.3 Å². The molecule has 0 saturated heterocycles. The van der Waals surface area contributed by atoms with Crippen molar-refractivity contribution in [1.29, 1.82) is 0 Å². The molecule has 4 aromatic rings. The highest BCUT2D eigenvalue weighted by Gasteiger charge is 2.27. The van der Waals surface area contributed by atoms with Gasteiger partial charge in [0.15, 0.2) is 0 Å². The summed E-state index contributed by atoms with van der Waals surface area (Å²) in [5.74, 6) is 1.75. The molecule has 0 spiro atoms. The zero-order valence-corrected chi connectivity index (χ0v) is 18.9.